The van der Waals surface area contributed by atoms with E-state index in [4.69, 9.17) is 14.6 Å². The fourth-order valence-electron chi connectivity index (χ4n) is 1.80. The van der Waals surface area contributed by atoms with Crippen molar-refractivity contribution in [2.45, 2.75) is 19.9 Å². The van der Waals surface area contributed by atoms with Gasteiger partial charge in [-0.2, -0.15) is 0 Å². The van der Waals surface area contributed by atoms with Crippen LogP contribution in [-0.2, 0) is 4.79 Å². The zero-order valence-corrected chi connectivity index (χ0v) is 12.0. The van der Waals surface area contributed by atoms with E-state index in [1.165, 1.54) is 14.2 Å². The van der Waals surface area contributed by atoms with Gasteiger partial charge in [0.25, 0.3) is 5.91 Å². The first-order valence-electron chi connectivity index (χ1n) is 6.17. The van der Waals surface area contributed by atoms with Gasteiger partial charge in [-0.3, -0.25) is 4.79 Å². The SMILES string of the molecule is COc1cccc(C(=O)NC(C(=O)O)C(C)C)c1OC. The standard InChI is InChI=1S/C14H19NO5/c1-8(2)11(14(17)18)15-13(16)9-6-5-7-10(19-3)12(9)20-4/h5-8,11H,1-4H3,(H,15,16)(H,17,18). The number of carbonyl (C=O) groups is 2. The van der Waals surface area contributed by atoms with Crippen molar-refractivity contribution in [3.05, 3.63) is 23.8 Å². The van der Waals surface area contributed by atoms with Crippen LogP contribution in [0.2, 0.25) is 0 Å². The van der Waals surface area contributed by atoms with Crippen LogP contribution in [0.25, 0.3) is 0 Å². The molecule has 0 aliphatic carbocycles. The summed E-state index contributed by atoms with van der Waals surface area (Å²) in [6.45, 7) is 3.45. The van der Waals surface area contributed by atoms with Gasteiger partial charge in [0.15, 0.2) is 11.5 Å². The van der Waals surface area contributed by atoms with Gasteiger partial charge in [-0.05, 0) is 18.1 Å². The first-order chi connectivity index (χ1) is 9.42. The summed E-state index contributed by atoms with van der Waals surface area (Å²) in [5.41, 5.74) is 0.235. The highest BCUT2D eigenvalue weighted by atomic mass is 16.5. The average molecular weight is 281 g/mol. The highest BCUT2D eigenvalue weighted by molar-refractivity contribution is 5.99. The van der Waals surface area contributed by atoms with Gasteiger partial charge in [0, 0.05) is 0 Å². The van der Waals surface area contributed by atoms with Crippen LogP contribution in [0, 0.1) is 5.92 Å². The molecular formula is C14H19NO5. The molecule has 0 bridgehead atoms. The molecule has 1 aromatic rings. The highest BCUT2D eigenvalue weighted by Gasteiger charge is 2.26. The molecule has 6 heteroatoms. The van der Waals surface area contributed by atoms with Crippen LogP contribution in [0.5, 0.6) is 11.5 Å². The van der Waals surface area contributed by atoms with Crippen LogP contribution < -0.4 is 14.8 Å². The number of carbonyl (C=O) groups excluding carboxylic acids is 1. The number of amides is 1. The number of carboxylic acid groups (broad SMARTS) is 1. The summed E-state index contributed by atoms with van der Waals surface area (Å²) < 4.78 is 10.3. The van der Waals surface area contributed by atoms with Crippen LogP contribution in [-0.4, -0.2) is 37.2 Å². The minimum absolute atomic E-state index is 0.229. The third kappa shape index (κ3) is 3.40. The molecule has 1 unspecified atom stereocenters. The number of rotatable bonds is 6. The summed E-state index contributed by atoms with van der Waals surface area (Å²) in [6.07, 6.45) is 0. The molecule has 20 heavy (non-hydrogen) atoms. The van der Waals surface area contributed by atoms with E-state index in [9.17, 15) is 9.59 Å². The Balaban J connectivity index is 3.06. The summed E-state index contributed by atoms with van der Waals surface area (Å²) >= 11 is 0. The largest absolute Gasteiger partial charge is 0.493 e. The van der Waals surface area contributed by atoms with E-state index in [2.05, 4.69) is 5.32 Å². The molecule has 0 heterocycles. The lowest BCUT2D eigenvalue weighted by Gasteiger charge is -2.19. The second kappa shape index (κ2) is 6.79. The van der Waals surface area contributed by atoms with Gasteiger partial charge in [-0.15, -0.1) is 0 Å². The fourth-order valence-corrected chi connectivity index (χ4v) is 1.80. The summed E-state index contributed by atoms with van der Waals surface area (Å²) in [6, 6.07) is 3.89. The number of carboxylic acids is 1. The van der Waals surface area contributed by atoms with Gasteiger partial charge >= 0.3 is 5.97 Å². The van der Waals surface area contributed by atoms with E-state index in [0.29, 0.717) is 5.75 Å². The Bertz CT molecular complexity index is 498. The molecule has 1 rings (SSSR count). The Morgan fingerprint density at radius 2 is 1.85 bits per heavy atom. The van der Waals surface area contributed by atoms with Gasteiger partial charge in [0.05, 0.1) is 19.8 Å². The average Bonchev–Trinajstić information content (AvgIpc) is 2.42. The lowest BCUT2D eigenvalue weighted by atomic mass is 10.0. The molecular weight excluding hydrogens is 262 g/mol. The first kappa shape index (κ1) is 15.8. The number of hydrogen-bond acceptors (Lipinski definition) is 4. The summed E-state index contributed by atoms with van der Waals surface area (Å²) in [7, 11) is 2.89. The Hall–Kier alpha value is -2.24. The fraction of sp³-hybridized carbons (Fsp3) is 0.429. The van der Waals surface area contributed by atoms with Crippen LogP contribution in [0.4, 0.5) is 0 Å². The molecule has 0 aromatic heterocycles. The number of nitrogens with one attached hydrogen (secondary N) is 1. The molecule has 0 saturated carbocycles. The van der Waals surface area contributed by atoms with Crippen molar-refractivity contribution in [1.29, 1.82) is 0 Å². The highest BCUT2D eigenvalue weighted by Crippen LogP contribution is 2.30. The van der Waals surface area contributed by atoms with Crippen molar-refractivity contribution in [2.75, 3.05) is 14.2 Å². The number of para-hydroxylation sites is 1. The normalized spacial score (nSPS) is 11.8. The predicted molar refractivity (Wildman–Crippen MR) is 73.3 cm³/mol. The van der Waals surface area contributed by atoms with E-state index in [0.717, 1.165) is 0 Å². The van der Waals surface area contributed by atoms with Gasteiger partial charge < -0.3 is 19.9 Å². The molecule has 1 aromatic carbocycles. The van der Waals surface area contributed by atoms with Crippen molar-refractivity contribution in [3.8, 4) is 11.5 Å². The molecule has 0 aliphatic heterocycles. The van der Waals surface area contributed by atoms with E-state index >= 15 is 0 Å². The molecule has 0 saturated heterocycles. The topological polar surface area (TPSA) is 84.9 Å². The zero-order valence-electron chi connectivity index (χ0n) is 12.0. The van der Waals surface area contributed by atoms with E-state index in [1.54, 1.807) is 32.0 Å². The third-order valence-corrected chi connectivity index (χ3v) is 2.87. The molecule has 0 aliphatic rings. The van der Waals surface area contributed by atoms with E-state index in [-0.39, 0.29) is 17.2 Å². The second-order valence-corrected chi connectivity index (χ2v) is 4.57. The monoisotopic (exact) mass is 281 g/mol. The Morgan fingerprint density at radius 1 is 1.20 bits per heavy atom. The number of ether oxygens (including phenoxy) is 2. The maximum Gasteiger partial charge on any atom is 0.326 e. The second-order valence-electron chi connectivity index (χ2n) is 4.57. The molecule has 1 atom stereocenters. The lowest BCUT2D eigenvalue weighted by Crippen LogP contribution is -2.44. The van der Waals surface area contributed by atoms with Crippen LogP contribution in [0.15, 0.2) is 18.2 Å². The minimum Gasteiger partial charge on any atom is -0.493 e. The van der Waals surface area contributed by atoms with Gasteiger partial charge in [-0.25, -0.2) is 4.79 Å². The van der Waals surface area contributed by atoms with Gasteiger partial charge in [-0.1, -0.05) is 19.9 Å². The van der Waals surface area contributed by atoms with Gasteiger partial charge in [0.1, 0.15) is 6.04 Å². The maximum absolute atomic E-state index is 12.2. The maximum atomic E-state index is 12.2. The van der Waals surface area contributed by atoms with Crippen LogP contribution in [0.1, 0.15) is 24.2 Å². The molecule has 6 nitrogen and oxygen atoms in total. The zero-order chi connectivity index (χ0) is 15.3. The first-order valence-corrected chi connectivity index (χ1v) is 6.17. The molecule has 2 N–H and O–H groups in total. The minimum atomic E-state index is -1.07. The van der Waals surface area contributed by atoms with E-state index < -0.39 is 17.9 Å². The third-order valence-electron chi connectivity index (χ3n) is 2.87. The van der Waals surface area contributed by atoms with Crippen LogP contribution >= 0.6 is 0 Å². The lowest BCUT2D eigenvalue weighted by molar-refractivity contribution is -0.140. The number of benzene rings is 1. The van der Waals surface area contributed by atoms with Crippen molar-refractivity contribution >= 4 is 11.9 Å². The molecule has 1 amide bonds. The predicted octanol–water partition coefficient (Wildman–Crippen LogP) is 1.54. The van der Waals surface area contributed by atoms with Gasteiger partial charge in [0.2, 0.25) is 0 Å². The quantitative estimate of drug-likeness (QED) is 0.826. The van der Waals surface area contributed by atoms with E-state index in [1.807, 2.05) is 0 Å². The number of hydrogen-bond donors (Lipinski definition) is 2. The Kier molecular flexibility index (Phi) is 5.37. The molecule has 0 spiro atoms. The molecule has 0 radical (unpaired) electrons. The van der Waals surface area contributed by atoms with Crippen molar-refractivity contribution in [3.63, 3.8) is 0 Å². The number of methoxy groups -OCH3 is 2. The number of aliphatic carboxylic acids is 1. The molecule has 110 valence electrons. The molecule has 0 fully saturated rings. The Labute approximate surface area is 117 Å². The van der Waals surface area contributed by atoms with Crippen LogP contribution in [0.3, 0.4) is 0 Å². The summed E-state index contributed by atoms with van der Waals surface area (Å²) in [5.74, 6) is -1.12. The smallest absolute Gasteiger partial charge is 0.326 e. The summed E-state index contributed by atoms with van der Waals surface area (Å²) in [4.78, 5) is 23.3. The van der Waals surface area contributed by atoms with Crippen molar-refractivity contribution < 1.29 is 24.2 Å². The van der Waals surface area contributed by atoms with Crippen molar-refractivity contribution in [2.24, 2.45) is 5.92 Å². The van der Waals surface area contributed by atoms with Crippen molar-refractivity contribution in [1.82, 2.24) is 5.32 Å². The summed E-state index contributed by atoms with van der Waals surface area (Å²) in [5, 5.41) is 11.6. The Morgan fingerprint density at radius 3 is 2.30 bits per heavy atom.